The number of amides is 2. The van der Waals surface area contributed by atoms with Gasteiger partial charge in [-0.15, -0.1) is 10.2 Å². The van der Waals surface area contributed by atoms with Crippen molar-refractivity contribution in [1.82, 2.24) is 25.1 Å². The molecular weight excluding hydrogens is 572 g/mol. The first-order valence-corrected chi connectivity index (χ1v) is 14.7. The number of aromatic nitrogens is 4. The van der Waals surface area contributed by atoms with Gasteiger partial charge in [0.05, 0.1) is 12.2 Å². The number of thioether (sulfide) groups is 1. The average molecular weight is 605 g/mol. The van der Waals surface area contributed by atoms with E-state index in [1.807, 2.05) is 25.1 Å². The van der Waals surface area contributed by atoms with E-state index >= 15 is 0 Å². The van der Waals surface area contributed by atoms with Crippen molar-refractivity contribution in [2.45, 2.75) is 51.6 Å². The Bertz CT molecular complexity index is 1610. The van der Waals surface area contributed by atoms with E-state index in [4.69, 9.17) is 9.15 Å². The summed E-state index contributed by atoms with van der Waals surface area (Å²) in [4.78, 5) is 56.9. The van der Waals surface area contributed by atoms with Crippen LogP contribution in [-0.2, 0) is 22.7 Å². The third kappa shape index (κ3) is 8.38. The molecule has 2 aromatic heterocycles. The SMILES string of the molecule is CCCSc1nnc(C(=O)C(NC(=O)Cn2c(-c3ccccc3)ncc(NC(=O)OCc3ccccc3)c2=O)C(C)C)o1. The quantitative estimate of drug-likeness (QED) is 0.164. The molecule has 0 aliphatic rings. The van der Waals surface area contributed by atoms with E-state index in [1.54, 1.807) is 56.3 Å². The predicted molar refractivity (Wildman–Crippen MR) is 161 cm³/mol. The molecule has 0 saturated heterocycles. The number of nitrogens with one attached hydrogen (secondary N) is 2. The molecule has 0 saturated carbocycles. The van der Waals surface area contributed by atoms with Gasteiger partial charge in [0.25, 0.3) is 16.7 Å². The van der Waals surface area contributed by atoms with Crippen molar-refractivity contribution < 1.29 is 23.5 Å². The van der Waals surface area contributed by atoms with Crippen molar-refractivity contribution in [3.05, 3.63) is 88.7 Å². The lowest BCUT2D eigenvalue weighted by Crippen LogP contribution is -2.46. The van der Waals surface area contributed by atoms with Gasteiger partial charge in [-0.2, -0.15) is 0 Å². The molecule has 1 unspecified atom stereocenters. The standard InChI is InChI=1S/C30H32N6O6S/c1-4-15-43-30-35-34-27(42-30)25(38)24(19(2)3)33-23(37)17-36-26(21-13-9-6-10-14-21)31-16-22(28(36)39)32-29(40)41-18-20-11-7-5-8-12-20/h5-14,16,19,24H,4,15,17-18H2,1-3H3,(H,32,40)(H,33,37). The van der Waals surface area contributed by atoms with Crippen molar-refractivity contribution in [3.63, 3.8) is 0 Å². The largest absolute Gasteiger partial charge is 0.444 e. The number of anilines is 1. The summed E-state index contributed by atoms with van der Waals surface area (Å²) in [6.07, 6.45) is 1.26. The Hall–Kier alpha value is -4.78. The molecule has 1 atom stereocenters. The number of hydrogen-bond acceptors (Lipinski definition) is 10. The lowest BCUT2D eigenvalue weighted by Gasteiger charge is -2.20. The first kappa shape index (κ1) is 31.2. The van der Waals surface area contributed by atoms with Crippen LogP contribution >= 0.6 is 11.8 Å². The van der Waals surface area contributed by atoms with Gasteiger partial charge < -0.3 is 14.5 Å². The molecule has 4 aromatic rings. The van der Waals surface area contributed by atoms with Crippen LogP contribution in [-0.4, -0.2) is 49.3 Å². The van der Waals surface area contributed by atoms with Crippen LogP contribution in [0, 0.1) is 5.92 Å². The molecule has 43 heavy (non-hydrogen) atoms. The van der Waals surface area contributed by atoms with Gasteiger partial charge in [0, 0.05) is 11.3 Å². The van der Waals surface area contributed by atoms with Gasteiger partial charge in [-0.05, 0) is 17.9 Å². The van der Waals surface area contributed by atoms with E-state index in [0.29, 0.717) is 5.56 Å². The fraction of sp³-hybridized carbons (Fsp3) is 0.300. The zero-order valence-electron chi connectivity index (χ0n) is 24.0. The number of nitrogens with zero attached hydrogens (tertiary/aromatic N) is 4. The minimum atomic E-state index is -0.991. The molecule has 2 heterocycles. The third-order valence-corrected chi connectivity index (χ3v) is 7.17. The molecule has 0 aliphatic carbocycles. The van der Waals surface area contributed by atoms with E-state index in [-0.39, 0.29) is 35.2 Å². The van der Waals surface area contributed by atoms with Crippen molar-refractivity contribution in [3.8, 4) is 11.4 Å². The number of carbonyl (C=O) groups excluding carboxylic acids is 3. The van der Waals surface area contributed by atoms with Crippen LogP contribution in [0.4, 0.5) is 10.5 Å². The molecule has 0 aliphatic heterocycles. The lowest BCUT2D eigenvalue weighted by molar-refractivity contribution is -0.122. The van der Waals surface area contributed by atoms with Gasteiger partial charge in [0.1, 0.15) is 24.7 Å². The van der Waals surface area contributed by atoms with Gasteiger partial charge in [-0.1, -0.05) is 93.2 Å². The summed E-state index contributed by atoms with van der Waals surface area (Å²) in [6.45, 7) is 5.06. The van der Waals surface area contributed by atoms with Crippen LogP contribution in [0.1, 0.15) is 43.4 Å². The van der Waals surface area contributed by atoms with Gasteiger partial charge >= 0.3 is 6.09 Å². The fourth-order valence-electron chi connectivity index (χ4n) is 4.00. The van der Waals surface area contributed by atoms with Crippen LogP contribution < -0.4 is 16.2 Å². The molecule has 2 amide bonds. The number of carbonyl (C=O) groups is 3. The van der Waals surface area contributed by atoms with Crippen LogP contribution in [0.3, 0.4) is 0 Å². The molecular formula is C30H32N6O6S. The maximum Gasteiger partial charge on any atom is 0.412 e. The summed E-state index contributed by atoms with van der Waals surface area (Å²) < 4.78 is 11.9. The Morgan fingerprint density at radius 1 is 1.02 bits per heavy atom. The lowest BCUT2D eigenvalue weighted by atomic mass is 9.99. The van der Waals surface area contributed by atoms with Crippen LogP contribution in [0.5, 0.6) is 0 Å². The number of Topliss-reactive ketones (excluding diaryl/α,β-unsaturated/α-hetero) is 1. The highest BCUT2D eigenvalue weighted by Gasteiger charge is 2.30. The highest BCUT2D eigenvalue weighted by atomic mass is 32.2. The van der Waals surface area contributed by atoms with Crippen molar-refractivity contribution in [2.75, 3.05) is 11.1 Å². The Labute approximate surface area is 252 Å². The molecule has 0 fully saturated rings. The van der Waals surface area contributed by atoms with Crippen LogP contribution in [0.15, 0.2) is 81.3 Å². The van der Waals surface area contributed by atoms with Crippen molar-refractivity contribution in [1.29, 1.82) is 0 Å². The molecule has 2 N–H and O–H groups in total. The van der Waals surface area contributed by atoms with Crippen molar-refractivity contribution >= 4 is 35.2 Å². The summed E-state index contributed by atoms with van der Waals surface area (Å²) in [5.74, 6) is -0.745. The number of ketones is 1. The molecule has 12 nitrogen and oxygen atoms in total. The summed E-state index contributed by atoms with van der Waals surface area (Å²) in [6, 6.07) is 16.9. The van der Waals surface area contributed by atoms with Crippen molar-refractivity contribution in [2.24, 2.45) is 5.92 Å². The number of hydrogen-bond donors (Lipinski definition) is 2. The Morgan fingerprint density at radius 3 is 2.40 bits per heavy atom. The summed E-state index contributed by atoms with van der Waals surface area (Å²) >= 11 is 1.34. The molecule has 0 spiro atoms. The second kappa shape index (κ2) is 14.9. The first-order chi connectivity index (χ1) is 20.8. The van der Waals surface area contributed by atoms with E-state index < -0.39 is 35.9 Å². The highest BCUT2D eigenvalue weighted by Crippen LogP contribution is 2.19. The van der Waals surface area contributed by atoms with E-state index in [0.717, 1.165) is 22.3 Å². The smallest absolute Gasteiger partial charge is 0.412 e. The van der Waals surface area contributed by atoms with E-state index in [9.17, 15) is 19.2 Å². The highest BCUT2D eigenvalue weighted by molar-refractivity contribution is 7.99. The maximum absolute atomic E-state index is 13.5. The molecule has 4 rings (SSSR count). The minimum absolute atomic E-state index is 0.00223. The summed E-state index contributed by atoms with van der Waals surface area (Å²) in [5, 5.41) is 13.1. The zero-order chi connectivity index (χ0) is 30.8. The van der Waals surface area contributed by atoms with Gasteiger partial charge in [0.2, 0.25) is 11.7 Å². The number of rotatable bonds is 13. The second-order valence-corrected chi connectivity index (χ2v) is 10.9. The van der Waals surface area contributed by atoms with Crippen LogP contribution in [0.2, 0.25) is 0 Å². The molecule has 0 radical (unpaired) electrons. The number of benzene rings is 2. The zero-order valence-corrected chi connectivity index (χ0v) is 24.8. The summed E-state index contributed by atoms with van der Waals surface area (Å²) in [7, 11) is 0. The number of ether oxygens (including phenoxy) is 1. The Kier molecular flexibility index (Phi) is 10.8. The average Bonchev–Trinajstić information content (AvgIpc) is 3.49. The monoisotopic (exact) mass is 604 g/mol. The van der Waals surface area contributed by atoms with E-state index in [1.165, 1.54) is 18.0 Å². The Morgan fingerprint density at radius 2 is 1.72 bits per heavy atom. The second-order valence-electron chi connectivity index (χ2n) is 9.81. The van der Waals surface area contributed by atoms with Gasteiger partial charge in [-0.25, -0.2) is 9.78 Å². The van der Waals surface area contributed by atoms with E-state index in [2.05, 4.69) is 25.8 Å². The molecule has 13 heteroatoms. The fourth-order valence-corrected chi connectivity index (χ4v) is 4.61. The molecule has 2 aromatic carbocycles. The van der Waals surface area contributed by atoms with Gasteiger partial charge in [-0.3, -0.25) is 24.3 Å². The first-order valence-electron chi connectivity index (χ1n) is 13.7. The minimum Gasteiger partial charge on any atom is -0.444 e. The maximum atomic E-state index is 13.5. The molecule has 0 bridgehead atoms. The normalized spacial score (nSPS) is 11.6. The summed E-state index contributed by atoms with van der Waals surface area (Å²) in [5.41, 5.74) is 0.493. The van der Waals surface area contributed by atoms with Gasteiger partial charge in [0.15, 0.2) is 0 Å². The van der Waals surface area contributed by atoms with Crippen LogP contribution in [0.25, 0.3) is 11.4 Å². The topological polar surface area (TPSA) is 158 Å². The predicted octanol–water partition coefficient (Wildman–Crippen LogP) is 4.57. The third-order valence-electron chi connectivity index (χ3n) is 6.14. The Balaban J connectivity index is 1.54. The molecule has 224 valence electrons.